The molecule has 0 saturated carbocycles. The van der Waals surface area contributed by atoms with Crippen LogP contribution in [0.5, 0.6) is 28.7 Å². The Morgan fingerprint density at radius 1 is 0.824 bits per heavy atom. The van der Waals surface area contributed by atoms with E-state index >= 15 is 0 Å². The first-order valence-corrected chi connectivity index (χ1v) is 10.2. The number of rotatable bonds is 9. The molecule has 0 aliphatic rings. The van der Waals surface area contributed by atoms with Crippen molar-refractivity contribution in [2.75, 3.05) is 21.3 Å². The lowest BCUT2D eigenvalue weighted by molar-refractivity contribution is 0.0438. The molecule has 0 N–H and O–H groups in total. The molecule has 1 aromatic heterocycles. The SMILES string of the molecule is COc1cc(-c2nnc(COC(=O)c3ccc(Oc4ccccc4)cc3)o2)cc(OC)c1OC. The maximum Gasteiger partial charge on any atom is 0.338 e. The van der Waals surface area contributed by atoms with Crippen LogP contribution < -0.4 is 18.9 Å². The van der Waals surface area contributed by atoms with Gasteiger partial charge in [-0.1, -0.05) is 18.2 Å². The van der Waals surface area contributed by atoms with Gasteiger partial charge in [0.15, 0.2) is 18.1 Å². The summed E-state index contributed by atoms with van der Waals surface area (Å²) < 4.78 is 32.7. The number of para-hydroxylation sites is 1. The fourth-order valence-electron chi connectivity index (χ4n) is 3.13. The van der Waals surface area contributed by atoms with Gasteiger partial charge >= 0.3 is 5.97 Å². The molecule has 4 aromatic rings. The fourth-order valence-corrected chi connectivity index (χ4v) is 3.13. The van der Waals surface area contributed by atoms with Crippen molar-refractivity contribution in [3.05, 3.63) is 78.2 Å². The Labute approximate surface area is 195 Å². The van der Waals surface area contributed by atoms with Crippen molar-refractivity contribution >= 4 is 5.97 Å². The maximum atomic E-state index is 12.4. The minimum Gasteiger partial charge on any atom is -0.493 e. The van der Waals surface area contributed by atoms with Crippen molar-refractivity contribution in [2.24, 2.45) is 0 Å². The predicted octanol–water partition coefficient (Wildman–Crippen LogP) is 4.91. The number of benzene rings is 3. The van der Waals surface area contributed by atoms with Crippen LogP contribution >= 0.6 is 0 Å². The molecule has 0 atom stereocenters. The summed E-state index contributed by atoms with van der Waals surface area (Å²) in [6.45, 7) is -0.182. The average Bonchev–Trinajstić information content (AvgIpc) is 3.36. The van der Waals surface area contributed by atoms with Crippen molar-refractivity contribution in [3.8, 4) is 40.2 Å². The Bertz CT molecular complexity index is 1230. The van der Waals surface area contributed by atoms with Gasteiger partial charge in [-0.25, -0.2) is 4.79 Å². The Kier molecular flexibility index (Phi) is 6.92. The summed E-state index contributed by atoms with van der Waals surface area (Å²) in [5, 5.41) is 7.96. The zero-order valence-electron chi connectivity index (χ0n) is 18.8. The molecule has 9 heteroatoms. The van der Waals surface area contributed by atoms with E-state index in [1.807, 2.05) is 30.3 Å². The lowest BCUT2D eigenvalue weighted by atomic mass is 10.2. The van der Waals surface area contributed by atoms with Crippen LogP contribution in [-0.2, 0) is 11.3 Å². The first-order valence-electron chi connectivity index (χ1n) is 10.2. The highest BCUT2D eigenvalue weighted by molar-refractivity contribution is 5.89. The molecule has 3 aromatic carbocycles. The van der Waals surface area contributed by atoms with Crippen LogP contribution in [0.4, 0.5) is 0 Å². The van der Waals surface area contributed by atoms with Gasteiger partial charge in [-0.15, -0.1) is 10.2 Å². The molecule has 0 bridgehead atoms. The third kappa shape index (κ3) is 5.09. The second kappa shape index (κ2) is 10.4. The summed E-state index contributed by atoms with van der Waals surface area (Å²) in [6.07, 6.45) is 0. The number of hydrogen-bond donors (Lipinski definition) is 0. The highest BCUT2D eigenvalue weighted by atomic mass is 16.5. The van der Waals surface area contributed by atoms with Crippen LogP contribution in [0.15, 0.2) is 71.1 Å². The molecule has 0 aliphatic carbocycles. The second-order valence-electron chi connectivity index (χ2n) is 6.93. The maximum absolute atomic E-state index is 12.4. The first-order chi connectivity index (χ1) is 16.6. The van der Waals surface area contributed by atoms with Gasteiger partial charge in [-0.05, 0) is 48.5 Å². The van der Waals surface area contributed by atoms with E-state index in [9.17, 15) is 4.79 Å². The lowest BCUT2D eigenvalue weighted by Crippen LogP contribution is -2.05. The van der Waals surface area contributed by atoms with Gasteiger partial charge in [0.05, 0.1) is 26.9 Å². The van der Waals surface area contributed by atoms with Gasteiger partial charge in [-0.3, -0.25) is 0 Å². The number of carbonyl (C=O) groups is 1. The van der Waals surface area contributed by atoms with E-state index in [4.69, 9.17) is 28.1 Å². The fraction of sp³-hybridized carbons (Fsp3) is 0.160. The molecule has 0 aliphatic heterocycles. The molecule has 1 heterocycles. The highest BCUT2D eigenvalue weighted by Crippen LogP contribution is 2.40. The third-order valence-corrected chi connectivity index (χ3v) is 4.77. The van der Waals surface area contributed by atoms with E-state index in [-0.39, 0.29) is 18.4 Å². The topological polar surface area (TPSA) is 102 Å². The van der Waals surface area contributed by atoms with Crippen molar-refractivity contribution in [1.29, 1.82) is 0 Å². The summed E-state index contributed by atoms with van der Waals surface area (Å²) in [5.41, 5.74) is 0.929. The standard InChI is InChI=1S/C25H22N2O7/c1-29-20-13-17(14-21(30-2)23(20)31-3)24-27-26-22(34-24)15-32-25(28)16-9-11-19(12-10-16)33-18-7-5-4-6-8-18/h4-14H,15H2,1-3H3. The number of carbonyl (C=O) groups excluding carboxylic acids is 1. The van der Waals surface area contributed by atoms with Crippen molar-refractivity contribution in [3.63, 3.8) is 0 Å². The van der Waals surface area contributed by atoms with Crippen molar-refractivity contribution in [1.82, 2.24) is 10.2 Å². The number of methoxy groups -OCH3 is 3. The third-order valence-electron chi connectivity index (χ3n) is 4.77. The van der Waals surface area contributed by atoms with E-state index in [0.29, 0.717) is 39.9 Å². The minimum absolute atomic E-state index is 0.140. The van der Waals surface area contributed by atoms with E-state index in [1.165, 1.54) is 21.3 Å². The summed E-state index contributed by atoms with van der Waals surface area (Å²) in [6, 6.07) is 19.4. The molecular formula is C25H22N2O7. The first kappa shape index (κ1) is 22.7. The molecule has 34 heavy (non-hydrogen) atoms. The van der Waals surface area contributed by atoms with E-state index < -0.39 is 5.97 Å². The molecular weight excluding hydrogens is 440 g/mol. The van der Waals surface area contributed by atoms with Crippen molar-refractivity contribution < 1.29 is 32.9 Å². The smallest absolute Gasteiger partial charge is 0.338 e. The van der Waals surface area contributed by atoms with E-state index in [1.54, 1.807) is 36.4 Å². The van der Waals surface area contributed by atoms with Crippen LogP contribution in [0, 0.1) is 0 Å². The minimum atomic E-state index is -0.529. The number of nitrogens with zero attached hydrogens (tertiary/aromatic N) is 2. The van der Waals surface area contributed by atoms with Gasteiger partial charge in [0.1, 0.15) is 11.5 Å². The second-order valence-corrected chi connectivity index (χ2v) is 6.93. The monoisotopic (exact) mass is 462 g/mol. The van der Waals surface area contributed by atoms with Gasteiger partial charge in [0.2, 0.25) is 11.6 Å². The molecule has 0 saturated heterocycles. The molecule has 4 rings (SSSR count). The predicted molar refractivity (Wildman–Crippen MR) is 121 cm³/mol. The van der Waals surface area contributed by atoms with Gasteiger partial charge in [0.25, 0.3) is 5.89 Å². The molecule has 0 amide bonds. The van der Waals surface area contributed by atoms with Gasteiger partial charge in [-0.2, -0.15) is 0 Å². The average molecular weight is 462 g/mol. The molecule has 0 spiro atoms. The normalized spacial score (nSPS) is 10.4. The molecule has 0 unspecified atom stereocenters. The van der Waals surface area contributed by atoms with E-state index in [0.717, 1.165) is 0 Å². The number of esters is 1. The number of hydrogen-bond acceptors (Lipinski definition) is 9. The zero-order valence-corrected chi connectivity index (χ0v) is 18.8. The van der Waals surface area contributed by atoms with Gasteiger partial charge in [0, 0.05) is 5.56 Å². The van der Waals surface area contributed by atoms with Crippen LogP contribution in [0.3, 0.4) is 0 Å². The molecule has 0 radical (unpaired) electrons. The lowest BCUT2D eigenvalue weighted by Gasteiger charge is -2.12. The molecule has 9 nitrogen and oxygen atoms in total. The molecule has 174 valence electrons. The Morgan fingerprint density at radius 3 is 2.09 bits per heavy atom. The number of aromatic nitrogens is 2. The highest BCUT2D eigenvalue weighted by Gasteiger charge is 2.18. The van der Waals surface area contributed by atoms with Crippen molar-refractivity contribution in [2.45, 2.75) is 6.61 Å². The van der Waals surface area contributed by atoms with E-state index in [2.05, 4.69) is 10.2 Å². The van der Waals surface area contributed by atoms with Crippen LogP contribution in [0.2, 0.25) is 0 Å². The summed E-state index contributed by atoms with van der Waals surface area (Å²) in [7, 11) is 4.54. The molecule has 0 fully saturated rings. The summed E-state index contributed by atoms with van der Waals surface area (Å²) >= 11 is 0. The van der Waals surface area contributed by atoms with Crippen LogP contribution in [0.25, 0.3) is 11.5 Å². The summed E-state index contributed by atoms with van der Waals surface area (Å²) in [4.78, 5) is 12.4. The van der Waals surface area contributed by atoms with Crippen LogP contribution in [-0.4, -0.2) is 37.5 Å². The zero-order chi connectivity index (χ0) is 23.9. The Hall–Kier alpha value is -4.53. The van der Waals surface area contributed by atoms with Gasteiger partial charge < -0.3 is 28.1 Å². The van der Waals surface area contributed by atoms with Crippen LogP contribution in [0.1, 0.15) is 16.2 Å². The Balaban J connectivity index is 1.40. The number of ether oxygens (including phenoxy) is 5. The summed E-state index contributed by atoms with van der Waals surface area (Å²) in [5.74, 6) is 2.48. The largest absolute Gasteiger partial charge is 0.493 e. The quantitative estimate of drug-likeness (QED) is 0.321. The Morgan fingerprint density at radius 2 is 1.47 bits per heavy atom.